The van der Waals surface area contributed by atoms with E-state index >= 15 is 0 Å². The van der Waals surface area contributed by atoms with Gasteiger partial charge in [-0.2, -0.15) is 12.6 Å². The Bertz CT molecular complexity index is 864. The average Bonchev–Trinajstić information content (AvgIpc) is 2.75. The van der Waals surface area contributed by atoms with Gasteiger partial charge in [-0.15, -0.1) is 0 Å². The molecule has 1 aromatic carbocycles. The first-order valence-electron chi connectivity index (χ1n) is 11.2. The van der Waals surface area contributed by atoms with Crippen molar-refractivity contribution in [2.75, 3.05) is 26.0 Å². The lowest BCUT2D eigenvalue weighted by Gasteiger charge is -2.35. The van der Waals surface area contributed by atoms with Crippen LogP contribution in [0.2, 0.25) is 0 Å². The topological polar surface area (TPSA) is 114 Å². The number of nitrogens with one attached hydrogen (secondary N) is 2. The lowest BCUT2D eigenvalue weighted by atomic mass is 9.93. The Morgan fingerprint density at radius 3 is 2.18 bits per heavy atom. The molecule has 34 heavy (non-hydrogen) atoms. The van der Waals surface area contributed by atoms with Gasteiger partial charge < -0.3 is 25.0 Å². The number of aryl methyl sites for hydroxylation is 2. The van der Waals surface area contributed by atoms with Crippen molar-refractivity contribution in [2.24, 2.45) is 0 Å². The molecule has 1 aromatic rings. The van der Waals surface area contributed by atoms with Crippen LogP contribution in [-0.4, -0.2) is 66.4 Å². The summed E-state index contributed by atoms with van der Waals surface area (Å²) in [6.45, 7) is 10.6. The fourth-order valence-corrected chi connectivity index (χ4v) is 3.71. The maximum absolute atomic E-state index is 13.6. The minimum atomic E-state index is -1.03. The van der Waals surface area contributed by atoms with Crippen LogP contribution in [0.4, 0.5) is 4.79 Å². The standard InChI is InChI=1S/C24H37N3O6S/c1-8-12-27(22(30)17(14-34)26-23(31)33-24(4,5)6)20(21(29)25-13-18(28)32-7)19-15(2)10-9-11-16(19)3/h9-11,17,20,34H,8,12-14H2,1-7H3,(H,25,29)(H,26,31). The van der Waals surface area contributed by atoms with Crippen LogP contribution >= 0.6 is 12.6 Å². The molecule has 0 aliphatic carbocycles. The molecule has 0 radical (unpaired) electrons. The molecule has 2 atom stereocenters. The molecule has 0 spiro atoms. The molecule has 0 fully saturated rings. The molecule has 0 aliphatic heterocycles. The fraction of sp³-hybridized carbons (Fsp3) is 0.583. The van der Waals surface area contributed by atoms with Gasteiger partial charge in [0.2, 0.25) is 11.8 Å². The summed E-state index contributed by atoms with van der Waals surface area (Å²) in [5.74, 6) is -1.62. The molecule has 0 heterocycles. The lowest BCUT2D eigenvalue weighted by molar-refractivity contribution is -0.144. The first kappa shape index (κ1) is 29.3. The van der Waals surface area contributed by atoms with Gasteiger partial charge in [-0.1, -0.05) is 25.1 Å². The van der Waals surface area contributed by atoms with Crippen LogP contribution in [-0.2, 0) is 23.9 Å². The summed E-state index contributed by atoms with van der Waals surface area (Å²) in [5.41, 5.74) is 1.54. The van der Waals surface area contributed by atoms with Crippen molar-refractivity contribution in [3.05, 3.63) is 34.9 Å². The number of ether oxygens (including phenoxy) is 2. The third kappa shape index (κ3) is 8.55. The van der Waals surface area contributed by atoms with E-state index in [9.17, 15) is 19.2 Å². The minimum Gasteiger partial charge on any atom is -0.468 e. The van der Waals surface area contributed by atoms with Gasteiger partial charge in [-0.3, -0.25) is 14.4 Å². The van der Waals surface area contributed by atoms with Crippen molar-refractivity contribution in [2.45, 2.75) is 65.6 Å². The van der Waals surface area contributed by atoms with E-state index in [2.05, 4.69) is 28.0 Å². The Morgan fingerprint density at radius 1 is 1.12 bits per heavy atom. The molecular weight excluding hydrogens is 458 g/mol. The van der Waals surface area contributed by atoms with Gasteiger partial charge in [-0.05, 0) is 57.7 Å². The smallest absolute Gasteiger partial charge is 0.408 e. The van der Waals surface area contributed by atoms with Crippen LogP contribution in [0, 0.1) is 13.8 Å². The number of hydrogen-bond donors (Lipinski definition) is 3. The van der Waals surface area contributed by atoms with Gasteiger partial charge in [0.1, 0.15) is 24.2 Å². The highest BCUT2D eigenvalue weighted by atomic mass is 32.1. The van der Waals surface area contributed by atoms with Crippen molar-refractivity contribution in [3.8, 4) is 0 Å². The van der Waals surface area contributed by atoms with Crippen molar-refractivity contribution in [3.63, 3.8) is 0 Å². The maximum Gasteiger partial charge on any atom is 0.408 e. The molecule has 0 aromatic heterocycles. The third-order valence-electron chi connectivity index (χ3n) is 4.93. The Labute approximate surface area is 207 Å². The predicted octanol–water partition coefficient (Wildman–Crippen LogP) is 2.70. The Morgan fingerprint density at radius 2 is 1.71 bits per heavy atom. The van der Waals surface area contributed by atoms with Crippen molar-refractivity contribution in [1.82, 2.24) is 15.5 Å². The number of benzene rings is 1. The quantitative estimate of drug-likeness (QED) is 0.340. The zero-order valence-electron chi connectivity index (χ0n) is 21.1. The highest BCUT2D eigenvalue weighted by Gasteiger charge is 2.37. The lowest BCUT2D eigenvalue weighted by Crippen LogP contribution is -2.54. The second kappa shape index (κ2) is 13.2. The minimum absolute atomic E-state index is 0.00153. The molecule has 2 N–H and O–H groups in total. The summed E-state index contributed by atoms with van der Waals surface area (Å²) in [5, 5.41) is 5.13. The van der Waals surface area contributed by atoms with E-state index < -0.39 is 41.6 Å². The number of rotatable bonds is 10. The number of amides is 3. The number of carbonyl (C=O) groups excluding carboxylic acids is 4. The van der Waals surface area contributed by atoms with Crippen LogP contribution in [0.5, 0.6) is 0 Å². The highest BCUT2D eigenvalue weighted by molar-refractivity contribution is 7.80. The van der Waals surface area contributed by atoms with E-state index in [0.29, 0.717) is 12.0 Å². The van der Waals surface area contributed by atoms with Gasteiger partial charge in [0.15, 0.2) is 0 Å². The maximum atomic E-state index is 13.6. The normalized spacial score (nSPS) is 12.8. The molecule has 0 aliphatic rings. The second-order valence-electron chi connectivity index (χ2n) is 8.91. The molecule has 10 heteroatoms. The van der Waals surface area contributed by atoms with E-state index in [0.717, 1.165) is 11.1 Å². The molecular formula is C24H37N3O6S. The molecule has 3 amide bonds. The summed E-state index contributed by atoms with van der Waals surface area (Å²) in [6.07, 6.45) is -0.196. The van der Waals surface area contributed by atoms with Gasteiger partial charge >= 0.3 is 12.1 Å². The van der Waals surface area contributed by atoms with Crippen LogP contribution in [0.3, 0.4) is 0 Å². The number of thiol groups is 1. The van der Waals surface area contributed by atoms with Gasteiger partial charge in [0.05, 0.1) is 7.11 Å². The Balaban J connectivity index is 3.41. The number of alkyl carbamates (subject to hydrolysis) is 1. The number of methoxy groups -OCH3 is 1. The van der Waals surface area contributed by atoms with Gasteiger partial charge in [0.25, 0.3) is 0 Å². The van der Waals surface area contributed by atoms with E-state index in [-0.39, 0.29) is 18.8 Å². The molecule has 9 nitrogen and oxygen atoms in total. The first-order chi connectivity index (χ1) is 15.9. The Kier molecular flexibility index (Phi) is 11.4. The van der Waals surface area contributed by atoms with Gasteiger partial charge in [0, 0.05) is 12.3 Å². The second-order valence-corrected chi connectivity index (χ2v) is 9.28. The summed E-state index contributed by atoms with van der Waals surface area (Å²) >= 11 is 4.25. The van der Waals surface area contributed by atoms with Crippen LogP contribution in [0.1, 0.15) is 56.8 Å². The van der Waals surface area contributed by atoms with Crippen LogP contribution < -0.4 is 10.6 Å². The number of nitrogens with zero attached hydrogens (tertiary/aromatic N) is 1. The molecule has 0 saturated carbocycles. The van der Waals surface area contributed by atoms with Crippen molar-refractivity contribution in [1.29, 1.82) is 0 Å². The van der Waals surface area contributed by atoms with Crippen LogP contribution in [0.25, 0.3) is 0 Å². The molecule has 190 valence electrons. The van der Waals surface area contributed by atoms with Gasteiger partial charge in [-0.25, -0.2) is 4.79 Å². The van der Waals surface area contributed by atoms with E-state index in [4.69, 9.17) is 4.74 Å². The molecule has 0 bridgehead atoms. The zero-order chi connectivity index (χ0) is 26.1. The summed E-state index contributed by atoms with van der Waals surface area (Å²) in [6, 6.07) is 3.52. The number of esters is 1. The summed E-state index contributed by atoms with van der Waals surface area (Å²) in [4.78, 5) is 52.4. The SMILES string of the molecule is CCCN(C(=O)C(CS)NC(=O)OC(C)(C)C)C(C(=O)NCC(=O)OC)c1c(C)cccc1C. The monoisotopic (exact) mass is 495 g/mol. The fourth-order valence-electron chi connectivity index (χ4n) is 3.46. The largest absolute Gasteiger partial charge is 0.468 e. The predicted molar refractivity (Wildman–Crippen MR) is 133 cm³/mol. The molecule has 2 unspecified atom stereocenters. The highest BCUT2D eigenvalue weighted by Crippen LogP contribution is 2.29. The first-order valence-corrected chi connectivity index (χ1v) is 11.8. The van der Waals surface area contributed by atoms with E-state index in [1.54, 1.807) is 20.8 Å². The molecule has 0 saturated heterocycles. The summed E-state index contributed by atoms with van der Waals surface area (Å²) < 4.78 is 9.90. The van der Waals surface area contributed by atoms with E-state index in [1.165, 1.54) is 12.0 Å². The number of hydrogen-bond acceptors (Lipinski definition) is 7. The molecule has 1 rings (SSSR count). The third-order valence-corrected chi connectivity index (χ3v) is 5.29. The van der Waals surface area contributed by atoms with E-state index in [1.807, 2.05) is 39.0 Å². The average molecular weight is 496 g/mol. The van der Waals surface area contributed by atoms with Crippen molar-refractivity contribution >= 4 is 36.5 Å². The van der Waals surface area contributed by atoms with Crippen molar-refractivity contribution < 1.29 is 28.7 Å². The summed E-state index contributed by atoms with van der Waals surface area (Å²) in [7, 11) is 1.23. The zero-order valence-corrected chi connectivity index (χ0v) is 22.0. The Hall–Kier alpha value is -2.75. The number of carbonyl (C=O) groups is 4. The van der Waals surface area contributed by atoms with Crippen LogP contribution in [0.15, 0.2) is 18.2 Å².